The molecule has 3 heteroatoms. The van der Waals surface area contributed by atoms with Crippen molar-refractivity contribution in [1.82, 2.24) is 4.90 Å². The first kappa shape index (κ1) is 11.7. The van der Waals surface area contributed by atoms with E-state index in [1.54, 1.807) is 7.11 Å². The maximum absolute atomic E-state index is 11.8. The van der Waals surface area contributed by atoms with Gasteiger partial charge in [-0.25, -0.2) is 0 Å². The molecule has 1 fully saturated rings. The van der Waals surface area contributed by atoms with Crippen LogP contribution in [0.15, 0.2) is 0 Å². The summed E-state index contributed by atoms with van der Waals surface area (Å²) in [6.45, 7) is 6.31. The van der Waals surface area contributed by atoms with E-state index in [2.05, 4.69) is 4.90 Å². The molecule has 0 unspecified atom stereocenters. The van der Waals surface area contributed by atoms with E-state index in [0.717, 1.165) is 13.1 Å². The van der Waals surface area contributed by atoms with Crippen molar-refractivity contribution in [2.24, 2.45) is 0 Å². The van der Waals surface area contributed by atoms with Gasteiger partial charge in [-0.05, 0) is 39.8 Å². The molecule has 0 aromatic heterocycles. The zero-order chi connectivity index (χ0) is 10.6. The van der Waals surface area contributed by atoms with Crippen molar-refractivity contribution < 1.29 is 9.53 Å². The lowest BCUT2D eigenvalue weighted by atomic mass is 9.94. The van der Waals surface area contributed by atoms with Crippen LogP contribution >= 0.6 is 0 Å². The van der Waals surface area contributed by atoms with Crippen molar-refractivity contribution in [2.45, 2.75) is 38.6 Å². The van der Waals surface area contributed by atoms with Gasteiger partial charge >= 0.3 is 0 Å². The van der Waals surface area contributed by atoms with E-state index in [9.17, 15) is 4.79 Å². The normalized spacial score (nSPS) is 19.6. The summed E-state index contributed by atoms with van der Waals surface area (Å²) < 4.78 is 4.90. The number of rotatable bonds is 4. The highest BCUT2D eigenvalue weighted by Gasteiger charge is 2.34. The summed E-state index contributed by atoms with van der Waals surface area (Å²) in [6.07, 6.45) is 3.72. The summed E-state index contributed by atoms with van der Waals surface area (Å²) in [4.78, 5) is 14.1. The molecule has 0 aromatic rings. The first-order chi connectivity index (χ1) is 6.59. The third-order valence-corrected chi connectivity index (χ3v) is 3.10. The quantitative estimate of drug-likeness (QED) is 0.686. The number of nitrogens with zero attached hydrogens (tertiary/aromatic N) is 1. The molecule has 0 spiro atoms. The predicted octanol–water partition coefficient (Wildman–Crippen LogP) is 1.47. The maximum Gasteiger partial charge on any atom is 0.178 e. The highest BCUT2D eigenvalue weighted by atomic mass is 16.5. The van der Waals surface area contributed by atoms with Crippen molar-refractivity contribution in [3.8, 4) is 0 Å². The van der Waals surface area contributed by atoms with Gasteiger partial charge in [0.15, 0.2) is 5.78 Å². The van der Waals surface area contributed by atoms with Gasteiger partial charge in [0.25, 0.3) is 0 Å². The van der Waals surface area contributed by atoms with Crippen molar-refractivity contribution in [2.75, 3.05) is 26.8 Å². The number of carbonyl (C=O) groups excluding carboxylic acids is 1. The monoisotopic (exact) mass is 199 g/mol. The van der Waals surface area contributed by atoms with E-state index in [0.29, 0.717) is 0 Å². The van der Waals surface area contributed by atoms with E-state index in [4.69, 9.17) is 4.74 Å². The number of piperidine rings is 1. The van der Waals surface area contributed by atoms with Crippen LogP contribution in [0.3, 0.4) is 0 Å². The maximum atomic E-state index is 11.8. The van der Waals surface area contributed by atoms with E-state index >= 15 is 0 Å². The Morgan fingerprint density at radius 1 is 1.29 bits per heavy atom. The van der Waals surface area contributed by atoms with Gasteiger partial charge in [0.05, 0.1) is 5.54 Å². The van der Waals surface area contributed by atoms with Gasteiger partial charge < -0.3 is 4.74 Å². The summed E-state index contributed by atoms with van der Waals surface area (Å²) >= 11 is 0. The van der Waals surface area contributed by atoms with Gasteiger partial charge in [0.1, 0.15) is 6.61 Å². The van der Waals surface area contributed by atoms with Crippen LogP contribution in [0, 0.1) is 0 Å². The van der Waals surface area contributed by atoms with Crippen LogP contribution in [0.25, 0.3) is 0 Å². The SMILES string of the molecule is COCC(=O)C(C)(C)N1CCCCC1. The van der Waals surface area contributed by atoms with Crippen molar-refractivity contribution in [3.05, 3.63) is 0 Å². The van der Waals surface area contributed by atoms with E-state index in [-0.39, 0.29) is 17.9 Å². The fourth-order valence-corrected chi connectivity index (χ4v) is 1.94. The molecule has 14 heavy (non-hydrogen) atoms. The van der Waals surface area contributed by atoms with Crippen LogP contribution in [0.5, 0.6) is 0 Å². The smallest absolute Gasteiger partial charge is 0.178 e. The van der Waals surface area contributed by atoms with Crippen LogP contribution in [0.2, 0.25) is 0 Å². The number of ketones is 1. The Kier molecular flexibility index (Phi) is 4.08. The van der Waals surface area contributed by atoms with Crippen molar-refractivity contribution >= 4 is 5.78 Å². The number of carbonyl (C=O) groups is 1. The topological polar surface area (TPSA) is 29.5 Å². The van der Waals surface area contributed by atoms with E-state index < -0.39 is 0 Å². The zero-order valence-corrected chi connectivity index (χ0v) is 9.51. The molecular weight excluding hydrogens is 178 g/mol. The Hall–Kier alpha value is -0.410. The lowest BCUT2D eigenvalue weighted by Crippen LogP contribution is -2.53. The second kappa shape index (κ2) is 4.89. The molecule has 0 N–H and O–H groups in total. The summed E-state index contributed by atoms with van der Waals surface area (Å²) in [6, 6.07) is 0. The fraction of sp³-hybridized carbons (Fsp3) is 0.909. The Bertz CT molecular complexity index is 195. The first-order valence-corrected chi connectivity index (χ1v) is 5.36. The number of Topliss-reactive ketones (excluding diaryl/α,β-unsaturated/α-hetero) is 1. The molecule has 0 radical (unpaired) electrons. The Morgan fingerprint density at radius 2 is 1.86 bits per heavy atom. The van der Waals surface area contributed by atoms with Gasteiger partial charge in [-0.1, -0.05) is 6.42 Å². The zero-order valence-electron chi connectivity index (χ0n) is 9.51. The summed E-state index contributed by atoms with van der Waals surface area (Å²) in [5, 5.41) is 0. The molecule has 0 saturated carbocycles. The largest absolute Gasteiger partial charge is 0.377 e. The Labute approximate surface area is 86.4 Å². The molecule has 1 rings (SSSR count). The summed E-state index contributed by atoms with van der Waals surface area (Å²) in [5.41, 5.74) is -0.351. The van der Waals surface area contributed by atoms with Gasteiger partial charge in [-0.15, -0.1) is 0 Å². The van der Waals surface area contributed by atoms with Crippen LogP contribution in [-0.4, -0.2) is 43.0 Å². The molecule has 0 atom stereocenters. The summed E-state index contributed by atoms with van der Waals surface area (Å²) in [5.74, 6) is 0.182. The third-order valence-electron chi connectivity index (χ3n) is 3.10. The number of methoxy groups -OCH3 is 1. The van der Waals surface area contributed by atoms with Gasteiger partial charge in [-0.3, -0.25) is 9.69 Å². The van der Waals surface area contributed by atoms with Crippen LogP contribution in [0.1, 0.15) is 33.1 Å². The van der Waals surface area contributed by atoms with Crippen LogP contribution in [-0.2, 0) is 9.53 Å². The van der Waals surface area contributed by atoms with Crippen LogP contribution < -0.4 is 0 Å². The molecule has 0 bridgehead atoms. The minimum atomic E-state index is -0.351. The molecule has 1 saturated heterocycles. The fourth-order valence-electron chi connectivity index (χ4n) is 1.94. The van der Waals surface area contributed by atoms with Crippen LogP contribution in [0.4, 0.5) is 0 Å². The first-order valence-electron chi connectivity index (χ1n) is 5.36. The van der Waals surface area contributed by atoms with E-state index in [1.807, 2.05) is 13.8 Å². The highest BCUT2D eigenvalue weighted by molar-refractivity contribution is 5.88. The molecule has 1 aliphatic rings. The average molecular weight is 199 g/mol. The Morgan fingerprint density at radius 3 is 2.36 bits per heavy atom. The lowest BCUT2D eigenvalue weighted by Gasteiger charge is -2.39. The number of ether oxygens (including phenoxy) is 1. The summed E-state index contributed by atoms with van der Waals surface area (Å²) in [7, 11) is 1.57. The molecule has 0 aliphatic carbocycles. The Balaban J connectivity index is 2.57. The standard InChI is InChI=1S/C11H21NO2/c1-11(2,10(13)9-14-3)12-7-5-4-6-8-12/h4-9H2,1-3H3. The minimum absolute atomic E-state index is 0.182. The molecule has 1 aliphatic heterocycles. The molecule has 82 valence electrons. The average Bonchev–Trinajstić information content (AvgIpc) is 2.19. The van der Waals surface area contributed by atoms with Crippen molar-refractivity contribution in [3.63, 3.8) is 0 Å². The predicted molar refractivity (Wildman–Crippen MR) is 56.4 cm³/mol. The lowest BCUT2D eigenvalue weighted by molar-refractivity contribution is -0.133. The second-order valence-electron chi connectivity index (χ2n) is 4.46. The minimum Gasteiger partial charge on any atom is -0.377 e. The number of likely N-dealkylation sites (tertiary alicyclic amines) is 1. The molecule has 1 heterocycles. The third kappa shape index (κ3) is 2.55. The van der Waals surface area contributed by atoms with Crippen molar-refractivity contribution in [1.29, 1.82) is 0 Å². The van der Waals surface area contributed by atoms with Gasteiger partial charge in [0.2, 0.25) is 0 Å². The number of hydrogen-bond donors (Lipinski definition) is 0. The van der Waals surface area contributed by atoms with Gasteiger partial charge in [0, 0.05) is 7.11 Å². The molecule has 3 nitrogen and oxygen atoms in total. The molecular formula is C11H21NO2. The highest BCUT2D eigenvalue weighted by Crippen LogP contribution is 2.21. The number of hydrogen-bond acceptors (Lipinski definition) is 3. The molecule has 0 amide bonds. The molecule has 0 aromatic carbocycles. The van der Waals surface area contributed by atoms with E-state index in [1.165, 1.54) is 19.3 Å². The second-order valence-corrected chi connectivity index (χ2v) is 4.46. The van der Waals surface area contributed by atoms with Gasteiger partial charge in [-0.2, -0.15) is 0 Å².